The summed E-state index contributed by atoms with van der Waals surface area (Å²) < 4.78 is 0. The molecule has 0 bridgehead atoms. The molecule has 0 unspecified atom stereocenters. The molecule has 0 atom stereocenters. The van der Waals surface area contributed by atoms with Gasteiger partial charge in [0, 0.05) is 17.1 Å². The van der Waals surface area contributed by atoms with Crippen LogP contribution in [0.5, 0.6) is 0 Å². The third-order valence-electron chi connectivity index (χ3n) is 3.09. The van der Waals surface area contributed by atoms with Gasteiger partial charge in [0.15, 0.2) is 0 Å². The molecule has 3 aromatic rings. The second kappa shape index (κ2) is 4.53. The third-order valence-corrected chi connectivity index (χ3v) is 3.09. The molecule has 1 aromatic heterocycles. The van der Waals surface area contributed by atoms with Crippen LogP contribution >= 0.6 is 0 Å². The molecule has 0 fully saturated rings. The topological polar surface area (TPSA) is 50.2 Å². The molecule has 19 heavy (non-hydrogen) atoms. The molecule has 3 nitrogen and oxygen atoms in total. The van der Waals surface area contributed by atoms with E-state index in [1.165, 1.54) is 0 Å². The first-order valence-electron chi connectivity index (χ1n) is 5.94. The molecule has 92 valence electrons. The summed E-state index contributed by atoms with van der Waals surface area (Å²) in [7, 11) is 0. The Morgan fingerprint density at radius 2 is 1.68 bits per heavy atom. The van der Waals surface area contributed by atoms with E-state index in [1.807, 2.05) is 36.4 Å². The predicted molar refractivity (Wildman–Crippen MR) is 74.1 cm³/mol. The molecule has 0 amide bonds. The van der Waals surface area contributed by atoms with Crippen LogP contribution in [0.2, 0.25) is 0 Å². The number of carboxylic acids is 1. The van der Waals surface area contributed by atoms with Crippen LogP contribution in [0.25, 0.3) is 22.0 Å². The Morgan fingerprint density at radius 1 is 0.947 bits per heavy atom. The van der Waals surface area contributed by atoms with Crippen molar-refractivity contribution in [2.45, 2.75) is 0 Å². The van der Waals surface area contributed by atoms with E-state index in [9.17, 15) is 9.90 Å². The van der Waals surface area contributed by atoms with Gasteiger partial charge in [-0.3, -0.25) is 4.98 Å². The van der Waals surface area contributed by atoms with Crippen molar-refractivity contribution in [2.75, 3.05) is 0 Å². The summed E-state index contributed by atoms with van der Waals surface area (Å²) in [5, 5.41) is 11.3. The first-order chi connectivity index (χ1) is 9.27. The van der Waals surface area contributed by atoms with Crippen molar-refractivity contribution in [3.8, 4) is 11.3 Å². The zero-order valence-corrected chi connectivity index (χ0v) is 10.1. The fourth-order valence-electron chi connectivity index (χ4n) is 2.21. The van der Waals surface area contributed by atoms with Crippen LogP contribution in [-0.2, 0) is 0 Å². The number of nitrogens with zero attached hydrogens (tertiary/aromatic N) is 1. The number of fused-ring (bicyclic) bond motifs is 1. The molecular weight excluding hydrogens is 238 g/mol. The van der Waals surface area contributed by atoms with E-state index in [4.69, 9.17) is 0 Å². The Hall–Kier alpha value is -2.68. The molecule has 0 aliphatic heterocycles. The summed E-state index contributed by atoms with van der Waals surface area (Å²) in [5.41, 5.74) is 1.62. The first-order valence-corrected chi connectivity index (χ1v) is 5.94. The molecule has 0 saturated carbocycles. The van der Waals surface area contributed by atoms with Gasteiger partial charge in [-0.1, -0.05) is 42.5 Å². The van der Waals surface area contributed by atoms with Crippen molar-refractivity contribution in [1.29, 1.82) is 0 Å². The fraction of sp³-hybridized carbons (Fsp3) is 0. The van der Waals surface area contributed by atoms with Crippen LogP contribution in [0.15, 0.2) is 60.8 Å². The highest BCUT2D eigenvalue weighted by molar-refractivity contribution is 6.02. The monoisotopic (exact) mass is 249 g/mol. The number of pyridine rings is 1. The van der Waals surface area contributed by atoms with Gasteiger partial charge >= 0.3 is 5.97 Å². The molecular formula is C16H11NO2. The van der Waals surface area contributed by atoms with Crippen LogP contribution in [0.1, 0.15) is 10.4 Å². The smallest absolute Gasteiger partial charge is 0.336 e. The van der Waals surface area contributed by atoms with E-state index in [0.29, 0.717) is 11.3 Å². The van der Waals surface area contributed by atoms with Crippen LogP contribution in [0.4, 0.5) is 0 Å². The number of carbonyl (C=O) groups is 1. The molecule has 0 spiro atoms. The molecule has 0 radical (unpaired) electrons. The van der Waals surface area contributed by atoms with E-state index < -0.39 is 5.97 Å². The van der Waals surface area contributed by atoms with E-state index >= 15 is 0 Å². The lowest BCUT2D eigenvalue weighted by molar-refractivity contribution is 0.0697. The zero-order valence-electron chi connectivity index (χ0n) is 10.1. The normalized spacial score (nSPS) is 10.5. The number of rotatable bonds is 2. The molecule has 3 rings (SSSR count). The van der Waals surface area contributed by atoms with Crippen LogP contribution in [0, 0.1) is 0 Å². The summed E-state index contributed by atoms with van der Waals surface area (Å²) in [6, 6.07) is 16.7. The van der Waals surface area contributed by atoms with Gasteiger partial charge in [0.25, 0.3) is 0 Å². The number of hydrogen-bond donors (Lipinski definition) is 1. The maximum absolute atomic E-state index is 11.3. The standard InChI is InChI=1S/C16H11NO2/c18-16(19)14-8-4-3-7-13(14)15-12-6-2-1-5-11(12)9-10-17-15/h1-10H,(H,18,19). The van der Waals surface area contributed by atoms with Gasteiger partial charge in [-0.25, -0.2) is 4.79 Å². The van der Waals surface area contributed by atoms with Gasteiger partial charge in [0.05, 0.1) is 11.3 Å². The summed E-state index contributed by atoms with van der Waals surface area (Å²) in [5.74, 6) is -0.940. The minimum atomic E-state index is -0.940. The van der Waals surface area contributed by atoms with Gasteiger partial charge in [0.1, 0.15) is 0 Å². The number of benzene rings is 2. The lowest BCUT2D eigenvalue weighted by Gasteiger charge is -2.08. The number of hydrogen-bond acceptors (Lipinski definition) is 2. The minimum Gasteiger partial charge on any atom is -0.478 e. The van der Waals surface area contributed by atoms with Crippen molar-refractivity contribution in [3.05, 3.63) is 66.4 Å². The highest BCUT2D eigenvalue weighted by Gasteiger charge is 2.13. The van der Waals surface area contributed by atoms with E-state index in [2.05, 4.69) is 4.98 Å². The molecule has 1 heterocycles. The van der Waals surface area contributed by atoms with Crippen molar-refractivity contribution in [1.82, 2.24) is 4.98 Å². The van der Waals surface area contributed by atoms with Crippen molar-refractivity contribution in [2.24, 2.45) is 0 Å². The predicted octanol–water partition coefficient (Wildman–Crippen LogP) is 3.60. The van der Waals surface area contributed by atoms with Crippen LogP contribution < -0.4 is 0 Å². The summed E-state index contributed by atoms with van der Waals surface area (Å²) in [4.78, 5) is 15.7. The lowest BCUT2D eigenvalue weighted by Crippen LogP contribution is -2.00. The van der Waals surface area contributed by atoms with Crippen LogP contribution in [0.3, 0.4) is 0 Å². The van der Waals surface area contributed by atoms with Crippen molar-refractivity contribution in [3.63, 3.8) is 0 Å². The third kappa shape index (κ3) is 1.95. The molecule has 2 aromatic carbocycles. The highest BCUT2D eigenvalue weighted by atomic mass is 16.4. The van der Waals surface area contributed by atoms with Crippen molar-refractivity contribution < 1.29 is 9.90 Å². The Kier molecular flexibility index (Phi) is 2.72. The zero-order chi connectivity index (χ0) is 13.2. The van der Waals surface area contributed by atoms with Gasteiger partial charge in [-0.15, -0.1) is 0 Å². The Bertz CT molecular complexity index is 760. The minimum absolute atomic E-state index is 0.270. The SMILES string of the molecule is O=C(O)c1ccccc1-c1nccc2ccccc12. The maximum Gasteiger partial charge on any atom is 0.336 e. The quantitative estimate of drug-likeness (QED) is 0.754. The molecule has 3 heteroatoms. The molecule has 0 aliphatic carbocycles. The second-order valence-corrected chi connectivity index (χ2v) is 4.23. The fourth-order valence-corrected chi connectivity index (χ4v) is 2.21. The Morgan fingerprint density at radius 3 is 2.53 bits per heavy atom. The number of aromatic nitrogens is 1. The van der Waals surface area contributed by atoms with E-state index in [-0.39, 0.29) is 5.56 Å². The molecule has 0 aliphatic rings. The second-order valence-electron chi connectivity index (χ2n) is 4.23. The van der Waals surface area contributed by atoms with E-state index in [1.54, 1.807) is 24.4 Å². The summed E-state index contributed by atoms with van der Waals surface area (Å²) >= 11 is 0. The Labute approximate surface area is 110 Å². The largest absolute Gasteiger partial charge is 0.478 e. The van der Waals surface area contributed by atoms with Gasteiger partial charge in [-0.2, -0.15) is 0 Å². The summed E-state index contributed by atoms with van der Waals surface area (Å²) in [6.45, 7) is 0. The summed E-state index contributed by atoms with van der Waals surface area (Å²) in [6.07, 6.45) is 1.70. The Balaban J connectivity index is 2.34. The van der Waals surface area contributed by atoms with Gasteiger partial charge in [-0.05, 0) is 17.5 Å². The van der Waals surface area contributed by atoms with Crippen molar-refractivity contribution >= 4 is 16.7 Å². The number of carboxylic acid groups (broad SMARTS) is 1. The molecule has 0 saturated heterocycles. The van der Waals surface area contributed by atoms with Crippen LogP contribution in [-0.4, -0.2) is 16.1 Å². The molecule has 1 N–H and O–H groups in total. The average Bonchev–Trinajstić information content (AvgIpc) is 2.46. The van der Waals surface area contributed by atoms with Gasteiger partial charge in [0.2, 0.25) is 0 Å². The average molecular weight is 249 g/mol. The van der Waals surface area contributed by atoms with Gasteiger partial charge < -0.3 is 5.11 Å². The highest BCUT2D eigenvalue weighted by Crippen LogP contribution is 2.28. The number of aromatic carboxylic acids is 1. The lowest BCUT2D eigenvalue weighted by atomic mass is 9.99. The first kappa shape index (κ1) is 11.4. The maximum atomic E-state index is 11.3. The van der Waals surface area contributed by atoms with E-state index in [0.717, 1.165) is 10.8 Å².